The fourth-order valence-electron chi connectivity index (χ4n) is 1.85. The summed E-state index contributed by atoms with van der Waals surface area (Å²) in [7, 11) is 3.67. The van der Waals surface area contributed by atoms with E-state index in [-0.39, 0.29) is 0 Å². The van der Waals surface area contributed by atoms with Crippen molar-refractivity contribution in [2.75, 3.05) is 25.5 Å². The number of carboxylic acids is 1. The van der Waals surface area contributed by atoms with Crippen LogP contribution in [0.4, 0.5) is 5.69 Å². The van der Waals surface area contributed by atoms with Gasteiger partial charge < -0.3 is 15.3 Å². The van der Waals surface area contributed by atoms with Crippen LogP contribution in [0.3, 0.4) is 0 Å². The Bertz CT molecular complexity index is 417. The molecule has 0 aliphatic carbocycles. The normalized spacial score (nSPS) is 13.9. The molecule has 0 aliphatic rings. The van der Waals surface area contributed by atoms with E-state index < -0.39 is 11.5 Å². The molecule has 0 bridgehead atoms. The van der Waals surface area contributed by atoms with Crippen molar-refractivity contribution in [2.24, 2.45) is 0 Å². The number of nitrogens with one attached hydrogen (secondary N) is 1. The van der Waals surface area contributed by atoms with Crippen molar-refractivity contribution in [3.05, 3.63) is 29.8 Å². The van der Waals surface area contributed by atoms with Crippen LogP contribution in [-0.4, -0.2) is 37.3 Å². The maximum Gasteiger partial charge on any atom is 0.323 e. The first-order valence-corrected chi connectivity index (χ1v) is 6.65. The molecule has 1 aromatic rings. The molecule has 1 atom stereocenters. The second kappa shape index (κ2) is 6.57. The van der Waals surface area contributed by atoms with Crippen molar-refractivity contribution >= 4 is 11.7 Å². The number of carbonyl (C=O) groups is 1. The number of anilines is 1. The van der Waals surface area contributed by atoms with Gasteiger partial charge in [0.25, 0.3) is 0 Å². The van der Waals surface area contributed by atoms with Crippen molar-refractivity contribution in [3.63, 3.8) is 0 Å². The summed E-state index contributed by atoms with van der Waals surface area (Å²) in [6.45, 7) is 4.53. The molecule has 0 aromatic heterocycles. The highest BCUT2D eigenvalue weighted by Crippen LogP contribution is 2.17. The minimum atomic E-state index is -0.877. The monoisotopic (exact) mass is 264 g/mol. The van der Waals surface area contributed by atoms with Gasteiger partial charge in [0.2, 0.25) is 0 Å². The van der Waals surface area contributed by atoms with Crippen LogP contribution in [0, 0.1) is 0 Å². The Morgan fingerprint density at radius 3 is 2.37 bits per heavy atom. The third kappa shape index (κ3) is 3.96. The number of likely N-dealkylation sites (N-methyl/N-ethyl adjacent to an activating group) is 1. The van der Waals surface area contributed by atoms with Gasteiger partial charge in [0.15, 0.2) is 0 Å². The van der Waals surface area contributed by atoms with E-state index in [2.05, 4.69) is 41.4 Å². The smallest absolute Gasteiger partial charge is 0.323 e. The number of nitrogens with zero attached hydrogens (tertiary/aromatic N) is 1. The number of carboxylic acid groups (broad SMARTS) is 1. The lowest BCUT2D eigenvalue weighted by atomic mass is 9.98. The summed E-state index contributed by atoms with van der Waals surface area (Å²) in [4.78, 5) is 13.3. The molecule has 0 saturated heterocycles. The van der Waals surface area contributed by atoms with Gasteiger partial charge in [0.05, 0.1) is 0 Å². The Balaban J connectivity index is 2.63. The van der Waals surface area contributed by atoms with E-state index in [4.69, 9.17) is 0 Å². The van der Waals surface area contributed by atoms with Crippen LogP contribution >= 0.6 is 0 Å². The van der Waals surface area contributed by atoms with Crippen molar-refractivity contribution < 1.29 is 9.90 Å². The molecule has 0 radical (unpaired) electrons. The minimum Gasteiger partial charge on any atom is -0.480 e. The number of hydrogen-bond acceptors (Lipinski definition) is 3. The van der Waals surface area contributed by atoms with Crippen molar-refractivity contribution in [3.8, 4) is 0 Å². The van der Waals surface area contributed by atoms with Crippen LogP contribution in [0.25, 0.3) is 0 Å². The first-order chi connectivity index (χ1) is 8.92. The molecule has 1 rings (SSSR count). The van der Waals surface area contributed by atoms with Crippen molar-refractivity contribution in [1.82, 2.24) is 5.32 Å². The largest absolute Gasteiger partial charge is 0.480 e. The summed E-state index contributed by atoms with van der Waals surface area (Å²) in [5.41, 5.74) is 1.54. The summed E-state index contributed by atoms with van der Waals surface area (Å²) < 4.78 is 0. The molecule has 0 aliphatic heterocycles. The average Bonchev–Trinajstić information content (AvgIpc) is 2.44. The summed E-state index contributed by atoms with van der Waals surface area (Å²) >= 11 is 0. The van der Waals surface area contributed by atoms with Gasteiger partial charge in [-0.05, 0) is 44.5 Å². The highest BCUT2D eigenvalue weighted by molar-refractivity contribution is 5.78. The second-order valence-corrected chi connectivity index (χ2v) is 5.08. The van der Waals surface area contributed by atoms with Crippen LogP contribution in [-0.2, 0) is 11.2 Å². The van der Waals surface area contributed by atoms with Gasteiger partial charge in [-0.25, -0.2) is 0 Å². The zero-order chi connectivity index (χ0) is 14.5. The highest BCUT2D eigenvalue weighted by Gasteiger charge is 2.30. The van der Waals surface area contributed by atoms with E-state index in [9.17, 15) is 9.90 Å². The summed E-state index contributed by atoms with van der Waals surface area (Å²) in [5, 5.41) is 12.1. The number of aryl methyl sites for hydroxylation is 1. The molecule has 0 amide bonds. The number of benzene rings is 1. The summed E-state index contributed by atoms with van der Waals surface area (Å²) in [6, 6.07) is 8.38. The predicted molar refractivity (Wildman–Crippen MR) is 78.8 cm³/mol. The van der Waals surface area contributed by atoms with E-state index in [1.165, 1.54) is 5.56 Å². The molecule has 19 heavy (non-hydrogen) atoms. The van der Waals surface area contributed by atoms with E-state index in [0.29, 0.717) is 13.0 Å². The number of rotatable bonds is 7. The van der Waals surface area contributed by atoms with Crippen LogP contribution < -0.4 is 10.2 Å². The molecule has 106 valence electrons. The molecule has 1 unspecified atom stereocenters. The molecular formula is C15H24N2O2. The predicted octanol–water partition coefficient (Wildman–Crippen LogP) is 2.14. The molecule has 0 spiro atoms. The second-order valence-electron chi connectivity index (χ2n) is 5.08. The number of hydrogen-bond donors (Lipinski definition) is 2. The lowest BCUT2D eigenvalue weighted by molar-refractivity contribution is -0.144. The van der Waals surface area contributed by atoms with Crippen LogP contribution in [0.5, 0.6) is 0 Å². The molecular weight excluding hydrogens is 240 g/mol. The molecule has 4 nitrogen and oxygen atoms in total. The van der Waals surface area contributed by atoms with Gasteiger partial charge in [-0.1, -0.05) is 19.1 Å². The lowest BCUT2D eigenvalue weighted by Gasteiger charge is -2.28. The van der Waals surface area contributed by atoms with Gasteiger partial charge >= 0.3 is 5.97 Å². The lowest BCUT2D eigenvalue weighted by Crippen LogP contribution is -2.49. The molecule has 4 heteroatoms. The van der Waals surface area contributed by atoms with E-state index in [1.807, 2.05) is 7.05 Å². The Labute approximate surface area is 115 Å². The first kappa shape index (κ1) is 15.5. The van der Waals surface area contributed by atoms with Gasteiger partial charge in [0, 0.05) is 19.3 Å². The molecule has 2 N–H and O–H groups in total. The van der Waals surface area contributed by atoms with Crippen LogP contribution in [0.1, 0.15) is 25.8 Å². The Morgan fingerprint density at radius 2 is 1.95 bits per heavy atom. The van der Waals surface area contributed by atoms with Gasteiger partial charge in [-0.15, -0.1) is 0 Å². The van der Waals surface area contributed by atoms with Crippen LogP contribution in [0.15, 0.2) is 24.3 Å². The van der Waals surface area contributed by atoms with E-state index in [0.717, 1.165) is 12.1 Å². The van der Waals surface area contributed by atoms with Gasteiger partial charge in [-0.3, -0.25) is 4.79 Å². The van der Waals surface area contributed by atoms with Crippen molar-refractivity contribution in [1.29, 1.82) is 0 Å². The topological polar surface area (TPSA) is 52.6 Å². The molecule has 0 heterocycles. The SMILES string of the molecule is CCc1ccc(N(C)CCC(C)(NC)C(=O)O)cc1. The van der Waals surface area contributed by atoms with Gasteiger partial charge in [-0.2, -0.15) is 0 Å². The number of aliphatic carboxylic acids is 1. The Hall–Kier alpha value is -1.55. The zero-order valence-electron chi connectivity index (χ0n) is 12.2. The Kier molecular flexibility index (Phi) is 5.36. The van der Waals surface area contributed by atoms with Crippen molar-refractivity contribution in [2.45, 2.75) is 32.2 Å². The van der Waals surface area contributed by atoms with Crippen LogP contribution in [0.2, 0.25) is 0 Å². The van der Waals surface area contributed by atoms with E-state index in [1.54, 1.807) is 14.0 Å². The maximum atomic E-state index is 11.2. The fraction of sp³-hybridized carbons (Fsp3) is 0.533. The molecule has 0 saturated carbocycles. The quantitative estimate of drug-likeness (QED) is 0.792. The fourth-order valence-corrected chi connectivity index (χ4v) is 1.85. The zero-order valence-corrected chi connectivity index (χ0v) is 12.2. The summed E-state index contributed by atoms with van der Waals surface area (Å²) in [6.07, 6.45) is 1.58. The molecule has 1 aromatic carbocycles. The third-order valence-electron chi connectivity index (χ3n) is 3.76. The minimum absolute atomic E-state index is 0.546. The Morgan fingerprint density at radius 1 is 1.37 bits per heavy atom. The first-order valence-electron chi connectivity index (χ1n) is 6.65. The van der Waals surface area contributed by atoms with E-state index >= 15 is 0 Å². The standard InChI is InChI=1S/C15H24N2O2/c1-5-12-6-8-13(9-7-12)17(4)11-10-15(2,16-3)14(18)19/h6-9,16H,5,10-11H2,1-4H3,(H,18,19). The molecule has 0 fully saturated rings. The average molecular weight is 264 g/mol. The summed E-state index contributed by atoms with van der Waals surface area (Å²) in [5.74, 6) is -0.815. The highest BCUT2D eigenvalue weighted by atomic mass is 16.4. The third-order valence-corrected chi connectivity index (χ3v) is 3.76. The van der Waals surface area contributed by atoms with Gasteiger partial charge in [0.1, 0.15) is 5.54 Å². The maximum absolute atomic E-state index is 11.2.